The van der Waals surface area contributed by atoms with E-state index in [2.05, 4.69) is 5.32 Å². The van der Waals surface area contributed by atoms with E-state index in [1.54, 1.807) is 31.3 Å². The van der Waals surface area contributed by atoms with Crippen LogP contribution in [0.3, 0.4) is 0 Å². The maximum Gasteiger partial charge on any atom is 0.243 e. The molecule has 0 aliphatic carbocycles. The molecule has 0 aliphatic rings. The van der Waals surface area contributed by atoms with Gasteiger partial charge in [-0.05, 0) is 36.2 Å². The predicted molar refractivity (Wildman–Crippen MR) is 94.1 cm³/mol. The third-order valence-electron chi connectivity index (χ3n) is 3.50. The lowest BCUT2D eigenvalue weighted by molar-refractivity contribution is -0.133. The molecule has 0 fully saturated rings. The fraction of sp³-hybridized carbons (Fsp3) is 0.222. The minimum Gasteiger partial charge on any atom is -0.506 e. The number of aromatic hydroxyl groups is 1. The van der Waals surface area contributed by atoms with E-state index in [9.17, 15) is 14.7 Å². The second-order valence-corrected chi connectivity index (χ2v) is 5.86. The number of nitrogens with zero attached hydrogens (tertiary/aromatic N) is 1. The van der Waals surface area contributed by atoms with Gasteiger partial charge in [-0.3, -0.25) is 9.59 Å². The van der Waals surface area contributed by atoms with E-state index in [0.717, 1.165) is 5.56 Å². The first-order chi connectivity index (χ1) is 11.5. The number of anilines is 1. The topological polar surface area (TPSA) is 69.6 Å². The quantitative estimate of drug-likeness (QED) is 0.844. The van der Waals surface area contributed by atoms with Crippen LogP contribution in [0.5, 0.6) is 5.75 Å². The molecule has 0 atom stereocenters. The smallest absolute Gasteiger partial charge is 0.243 e. The SMILES string of the molecule is CN(CC(=O)Nc1ccccc1)C(=O)CCc1ccc(O)c(Cl)c1. The van der Waals surface area contributed by atoms with Gasteiger partial charge in [-0.2, -0.15) is 0 Å². The Hall–Kier alpha value is -2.53. The van der Waals surface area contributed by atoms with E-state index >= 15 is 0 Å². The fourth-order valence-corrected chi connectivity index (χ4v) is 2.38. The van der Waals surface area contributed by atoms with Crippen molar-refractivity contribution >= 4 is 29.1 Å². The predicted octanol–water partition coefficient (Wildman–Crippen LogP) is 3.08. The minimum absolute atomic E-state index is 0.00986. The largest absolute Gasteiger partial charge is 0.506 e. The highest BCUT2D eigenvalue weighted by atomic mass is 35.5. The molecular formula is C18H19ClN2O3. The third kappa shape index (κ3) is 5.28. The molecule has 0 saturated carbocycles. The van der Waals surface area contributed by atoms with Gasteiger partial charge in [0.05, 0.1) is 11.6 Å². The van der Waals surface area contributed by atoms with Crippen molar-refractivity contribution in [3.05, 3.63) is 59.1 Å². The number of amides is 2. The Morgan fingerprint density at radius 1 is 1.17 bits per heavy atom. The van der Waals surface area contributed by atoms with Crippen LogP contribution < -0.4 is 5.32 Å². The molecule has 126 valence electrons. The Morgan fingerprint density at radius 2 is 1.88 bits per heavy atom. The molecule has 2 N–H and O–H groups in total. The van der Waals surface area contributed by atoms with E-state index < -0.39 is 0 Å². The van der Waals surface area contributed by atoms with Crippen LogP contribution in [0.2, 0.25) is 5.02 Å². The van der Waals surface area contributed by atoms with Gasteiger partial charge in [0.1, 0.15) is 5.75 Å². The number of phenolic OH excluding ortho intramolecular Hbond substituents is 1. The molecule has 0 unspecified atom stereocenters. The first kappa shape index (κ1) is 17.8. The van der Waals surface area contributed by atoms with E-state index in [1.165, 1.54) is 11.0 Å². The summed E-state index contributed by atoms with van der Waals surface area (Å²) >= 11 is 5.84. The molecule has 2 rings (SSSR count). The highest BCUT2D eigenvalue weighted by Gasteiger charge is 2.13. The van der Waals surface area contributed by atoms with Gasteiger partial charge in [-0.25, -0.2) is 0 Å². The Labute approximate surface area is 145 Å². The molecule has 6 heteroatoms. The van der Waals surface area contributed by atoms with Crippen LogP contribution in [-0.2, 0) is 16.0 Å². The highest BCUT2D eigenvalue weighted by molar-refractivity contribution is 6.32. The zero-order chi connectivity index (χ0) is 17.5. The van der Waals surface area contributed by atoms with Crippen LogP contribution in [-0.4, -0.2) is 35.4 Å². The first-order valence-electron chi connectivity index (χ1n) is 7.52. The number of para-hydroxylation sites is 1. The summed E-state index contributed by atoms with van der Waals surface area (Å²) in [5.41, 5.74) is 1.55. The molecule has 5 nitrogen and oxygen atoms in total. The van der Waals surface area contributed by atoms with Crippen LogP contribution in [0.1, 0.15) is 12.0 Å². The number of halogens is 1. The molecule has 2 aromatic carbocycles. The lowest BCUT2D eigenvalue weighted by Gasteiger charge is -2.17. The molecule has 0 bridgehead atoms. The van der Waals surface area contributed by atoms with Gasteiger partial charge < -0.3 is 15.3 Å². The van der Waals surface area contributed by atoms with Gasteiger partial charge >= 0.3 is 0 Å². The third-order valence-corrected chi connectivity index (χ3v) is 3.81. The average molecular weight is 347 g/mol. The molecular weight excluding hydrogens is 328 g/mol. The number of likely N-dealkylation sites (N-methyl/N-ethyl adjacent to an activating group) is 1. The lowest BCUT2D eigenvalue weighted by Crippen LogP contribution is -2.35. The summed E-state index contributed by atoms with van der Waals surface area (Å²) in [4.78, 5) is 25.4. The zero-order valence-electron chi connectivity index (χ0n) is 13.3. The Bertz CT molecular complexity index is 719. The van der Waals surface area contributed by atoms with Crippen molar-refractivity contribution in [2.45, 2.75) is 12.8 Å². The van der Waals surface area contributed by atoms with E-state index in [1.807, 2.05) is 18.2 Å². The summed E-state index contributed by atoms with van der Waals surface area (Å²) in [6.45, 7) is -0.00986. The molecule has 2 amide bonds. The molecule has 0 heterocycles. The number of rotatable bonds is 6. The van der Waals surface area contributed by atoms with Gasteiger partial charge in [0.15, 0.2) is 0 Å². The summed E-state index contributed by atoms with van der Waals surface area (Å²) in [6.07, 6.45) is 0.750. The van der Waals surface area contributed by atoms with Crippen molar-refractivity contribution in [2.24, 2.45) is 0 Å². The van der Waals surface area contributed by atoms with Crippen LogP contribution in [0.15, 0.2) is 48.5 Å². The summed E-state index contributed by atoms with van der Waals surface area (Å²) in [5.74, 6) is -0.367. The van der Waals surface area contributed by atoms with Gasteiger partial charge in [0.2, 0.25) is 11.8 Å². The summed E-state index contributed by atoms with van der Waals surface area (Å²) < 4.78 is 0. The van der Waals surface area contributed by atoms with Crippen LogP contribution >= 0.6 is 11.6 Å². The standard InChI is InChI=1S/C18H19ClN2O3/c1-21(12-17(23)20-14-5-3-2-4-6-14)18(24)10-8-13-7-9-16(22)15(19)11-13/h2-7,9,11,22H,8,10,12H2,1H3,(H,20,23). The van der Waals surface area contributed by atoms with Crippen molar-refractivity contribution in [3.8, 4) is 5.75 Å². The molecule has 24 heavy (non-hydrogen) atoms. The Morgan fingerprint density at radius 3 is 2.54 bits per heavy atom. The lowest BCUT2D eigenvalue weighted by atomic mass is 10.1. The summed E-state index contributed by atoms with van der Waals surface area (Å²) in [6, 6.07) is 13.9. The Balaban J connectivity index is 1.81. The number of aryl methyl sites for hydroxylation is 1. The number of benzene rings is 2. The maximum atomic E-state index is 12.1. The fourth-order valence-electron chi connectivity index (χ4n) is 2.17. The van der Waals surface area contributed by atoms with Crippen LogP contribution in [0.4, 0.5) is 5.69 Å². The van der Waals surface area contributed by atoms with Crippen LogP contribution in [0, 0.1) is 0 Å². The minimum atomic E-state index is -0.246. The zero-order valence-corrected chi connectivity index (χ0v) is 14.1. The Kier molecular flexibility index (Phi) is 6.21. The average Bonchev–Trinajstić information content (AvgIpc) is 2.56. The first-order valence-corrected chi connectivity index (χ1v) is 7.90. The number of carbonyl (C=O) groups excluding carboxylic acids is 2. The number of hydrogen-bond donors (Lipinski definition) is 2. The van der Waals surface area contributed by atoms with Crippen molar-refractivity contribution in [3.63, 3.8) is 0 Å². The number of nitrogens with one attached hydrogen (secondary N) is 1. The second kappa shape index (κ2) is 8.36. The van der Waals surface area contributed by atoms with Gasteiger partial charge in [-0.15, -0.1) is 0 Å². The highest BCUT2D eigenvalue weighted by Crippen LogP contribution is 2.24. The van der Waals surface area contributed by atoms with Crippen molar-refractivity contribution < 1.29 is 14.7 Å². The van der Waals surface area contributed by atoms with E-state index in [0.29, 0.717) is 12.1 Å². The number of phenols is 1. The molecule has 0 radical (unpaired) electrons. The van der Waals surface area contributed by atoms with Crippen molar-refractivity contribution in [1.82, 2.24) is 4.90 Å². The van der Waals surface area contributed by atoms with Gasteiger partial charge in [0.25, 0.3) is 0 Å². The maximum absolute atomic E-state index is 12.1. The molecule has 0 aromatic heterocycles. The van der Waals surface area contributed by atoms with Crippen molar-refractivity contribution in [1.29, 1.82) is 0 Å². The summed E-state index contributed by atoms with van der Waals surface area (Å²) in [7, 11) is 1.59. The molecule has 0 saturated heterocycles. The monoisotopic (exact) mass is 346 g/mol. The normalized spacial score (nSPS) is 10.2. The van der Waals surface area contributed by atoms with E-state index in [-0.39, 0.29) is 35.6 Å². The van der Waals surface area contributed by atoms with Gasteiger partial charge in [-0.1, -0.05) is 35.9 Å². The molecule has 0 aliphatic heterocycles. The van der Waals surface area contributed by atoms with E-state index in [4.69, 9.17) is 11.6 Å². The van der Waals surface area contributed by atoms with Gasteiger partial charge in [0, 0.05) is 19.2 Å². The van der Waals surface area contributed by atoms with Crippen molar-refractivity contribution in [2.75, 3.05) is 18.9 Å². The number of carbonyl (C=O) groups is 2. The van der Waals surface area contributed by atoms with Crippen LogP contribution in [0.25, 0.3) is 0 Å². The second-order valence-electron chi connectivity index (χ2n) is 5.45. The summed E-state index contributed by atoms with van der Waals surface area (Å²) in [5, 5.41) is 12.4. The molecule has 0 spiro atoms. The molecule has 2 aromatic rings. The number of hydrogen-bond acceptors (Lipinski definition) is 3.